The zero-order valence-corrected chi connectivity index (χ0v) is 19.8. The van der Waals surface area contributed by atoms with E-state index in [1.165, 1.54) is 6.08 Å². The molecule has 0 spiro atoms. The van der Waals surface area contributed by atoms with Crippen LogP contribution in [0, 0.1) is 0 Å². The summed E-state index contributed by atoms with van der Waals surface area (Å²) < 4.78 is 11.4. The van der Waals surface area contributed by atoms with Gasteiger partial charge in [0, 0.05) is 6.08 Å². The predicted molar refractivity (Wildman–Crippen MR) is 128 cm³/mol. The number of hydrogen-bond acceptors (Lipinski definition) is 5. The smallest absolute Gasteiger partial charge is 0.276 e. The molecule has 2 aromatic carbocycles. The maximum absolute atomic E-state index is 11.9. The fourth-order valence-electron chi connectivity index (χ4n) is 2.37. The molecule has 164 valence electrons. The average Bonchev–Trinajstić information content (AvgIpc) is 2.75. The molecule has 3 N–H and O–H groups in total. The lowest BCUT2D eigenvalue weighted by atomic mass is 10.0. The maximum Gasteiger partial charge on any atom is 0.276 e. The van der Waals surface area contributed by atoms with Crippen molar-refractivity contribution in [3.8, 4) is 11.5 Å². The molecule has 0 aromatic heterocycles. The molecule has 2 aromatic rings. The fourth-order valence-corrected chi connectivity index (χ4v) is 3.03. The topological polar surface area (TPSA) is 88.7 Å². The fraction of sp³-hybridized carbons (Fsp3) is 0.227. The highest BCUT2D eigenvalue weighted by Gasteiger charge is 2.09. The summed E-state index contributed by atoms with van der Waals surface area (Å²) in [4.78, 5) is 23.9. The predicted octanol–water partition coefficient (Wildman–Crippen LogP) is 3.70. The zero-order chi connectivity index (χ0) is 22.8. The van der Waals surface area contributed by atoms with Crippen LogP contribution in [0.3, 0.4) is 0 Å². The lowest BCUT2D eigenvalue weighted by Gasteiger charge is -2.12. The average molecular weight is 506 g/mol. The van der Waals surface area contributed by atoms with E-state index >= 15 is 0 Å². The Morgan fingerprint density at radius 1 is 1.13 bits per heavy atom. The first-order valence-corrected chi connectivity index (χ1v) is 10.6. The quantitative estimate of drug-likeness (QED) is 0.302. The molecule has 0 saturated heterocycles. The van der Waals surface area contributed by atoms with E-state index in [2.05, 4.69) is 45.9 Å². The van der Waals surface area contributed by atoms with Crippen molar-refractivity contribution in [2.24, 2.45) is 0 Å². The van der Waals surface area contributed by atoms with Gasteiger partial charge in [0.05, 0.1) is 11.6 Å². The number of methoxy groups -OCH3 is 1. The van der Waals surface area contributed by atoms with Gasteiger partial charge in [-0.15, -0.1) is 0 Å². The Morgan fingerprint density at radius 3 is 2.45 bits per heavy atom. The van der Waals surface area contributed by atoms with Crippen molar-refractivity contribution in [3.05, 3.63) is 64.1 Å². The van der Waals surface area contributed by atoms with E-state index in [1.807, 2.05) is 24.3 Å². The van der Waals surface area contributed by atoms with E-state index in [0.29, 0.717) is 11.7 Å². The van der Waals surface area contributed by atoms with Crippen molar-refractivity contribution in [2.45, 2.75) is 19.8 Å². The SMILES string of the molecule is COc1ccc(C=CC(=O)NC(=S)NNC(=O)COc2ccc(C(C)C)cc2Br)cc1. The van der Waals surface area contributed by atoms with Crippen molar-refractivity contribution in [2.75, 3.05) is 13.7 Å². The number of halogens is 1. The monoisotopic (exact) mass is 505 g/mol. The molecule has 0 heterocycles. The summed E-state index contributed by atoms with van der Waals surface area (Å²) in [5.41, 5.74) is 6.82. The number of hydrazine groups is 1. The normalized spacial score (nSPS) is 10.6. The first kappa shape index (κ1) is 24.4. The van der Waals surface area contributed by atoms with Crippen LogP contribution in [0.5, 0.6) is 11.5 Å². The Bertz CT molecular complexity index is 962. The Morgan fingerprint density at radius 2 is 1.84 bits per heavy atom. The first-order valence-electron chi connectivity index (χ1n) is 9.42. The van der Waals surface area contributed by atoms with Crippen LogP contribution in [0.2, 0.25) is 0 Å². The minimum Gasteiger partial charge on any atom is -0.497 e. The maximum atomic E-state index is 11.9. The van der Waals surface area contributed by atoms with Crippen molar-refractivity contribution >= 4 is 51.2 Å². The van der Waals surface area contributed by atoms with Crippen LogP contribution in [0.4, 0.5) is 0 Å². The minimum atomic E-state index is -0.454. The van der Waals surface area contributed by atoms with Gasteiger partial charge in [0.1, 0.15) is 11.5 Å². The lowest BCUT2D eigenvalue weighted by molar-refractivity contribution is -0.123. The second-order valence-electron chi connectivity index (χ2n) is 6.73. The van der Waals surface area contributed by atoms with Crippen molar-refractivity contribution in [3.63, 3.8) is 0 Å². The molecule has 0 saturated carbocycles. The van der Waals surface area contributed by atoms with E-state index in [4.69, 9.17) is 21.7 Å². The third-order valence-corrected chi connectivity index (χ3v) is 4.90. The summed E-state index contributed by atoms with van der Waals surface area (Å²) in [6, 6.07) is 12.9. The summed E-state index contributed by atoms with van der Waals surface area (Å²) in [6.07, 6.45) is 2.96. The summed E-state index contributed by atoms with van der Waals surface area (Å²) >= 11 is 8.43. The molecule has 0 unspecified atom stereocenters. The molecule has 0 bridgehead atoms. The van der Waals surface area contributed by atoms with Gasteiger partial charge in [-0.25, -0.2) is 0 Å². The second kappa shape index (κ2) is 12.1. The van der Waals surface area contributed by atoms with Crippen molar-refractivity contribution < 1.29 is 19.1 Å². The standard InChI is InChI=1S/C22H24BrN3O4S/c1-14(2)16-7-10-19(18(23)12-16)30-13-21(28)25-26-22(31)24-20(27)11-6-15-4-8-17(29-3)9-5-15/h4-12,14H,13H2,1-3H3,(H,25,28)(H2,24,26,27,31). The molecule has 0 radical (unpaired) electrons. The largest absolute Gasteiger partial charge is 0.497 e. The number of carbonyl (C=O) groups is 2. The zero-order valence-electron chi connectivity index (χ0n) is 17.4. The Labute approximate surface area is 195 Å². The molecule has 0 aliphatic carbocycles. The number of rotatable bonds is 7. The highest BCUT2D eigenvalue weighted by molar-refractivity contribution is 9.10. The highest BCUT2D eigenvalue weighted by atomic mass is 79.9. The summed E-state index contributed by atoms with van der Waals surface area (Å²) in [5, 5.41) is 2.39. The van der Waals surface area contributed by atoms with Gasteiger partial charge < -0.3 is 9.47 Å². The molecule has 9 heteroatoms. The molecule has 7 nitrogen and oxygen atoms in total. The number of nitrogens with one attached hydrogen (secondary N) is 3. The van der Waals surface area contributed by atoms with Gasteiger partial charge in [-0.1, -0.05) is 32.0 Å². The third kappa shape index (κ3) is 8.39. The molecular formula is C22H24BrN3O4S. The van der Waals surface area contributed by atoms with Crippen molar-refractivity contribution in [1.82, 2.24) is 16.2 Å². The van der Waals surface area contributed by atoms with Crippen LogP contribution in [0.25, 0.3) is 6.08 Å². The van der Waals surface area contributed by atoms with E-state index in [1.54, 1.807) is 31.4 Å². The summed E-state index contributed by atoms with van der Waals surface area (Å²) in [6.45, 7) is 3.97. The van der Waals surface area contributed by atoms with Gasteiger partial charge in [0.2, 0.25) is 5.91 Å². The molecule has 0 fully saturated rings. The Hall–Kier alpha value is -2.91. The molecular weight excluding hydrogens is 482 g/mol. The molecule has 0 aliphatic heterocycles. The van der Waals surface area contributed by atoms with E-state index in [9.17, 15) is 9.59 Å². The van der Waals surface area contributed by atoms with Crippen LogP contribution in [0.15, 0.2) is 53.0 Å². The minimum absolute atomic E-state index is 0.0415. The van der Waals surface area contributed by atoms with E-state index in [-0.39, 0.29) is 11.7 Å². The third-order valence-electron chi connectivity index (χ3n) is 4.08. The van der Waals surface area contributed by atoms with Gasteiger partial charge in [0.25, 0.3) is 5.91 Å². The van der Waals surface area contributed by atoms with Crippen LogP contribution in [-0.4, -0.2) is 30.6 Å². The van der Waals surface area contributed by atoms with Crippen molar-refractivity contribution in [1.29, 1.82) is 0 Å². The number of benzene rings is 2. The number of amides is 2. The lowest BCUT2D eigenvalue weighted by Crippen LogP contribution is -2.49. The van der Waals surface area contributed by atoms with Gasteiger partial charge in [0.15, 0.2) is 11.7 Å². The molecule has 2 rings (SSSR count). The molecule has 0 atom stereocenters. The summed E-state index contributed by atoms with van der Waals surface area (Å²) in [7, 11) is 1.58. The molecule has 31 heavy (non-hydrogen) atoms. The number of carbonyl (C=O) groups excluding carboxylic acids is 2. The number of ether oxygens (including phenoxy) is 2. The Balaban J connectivity index is 1.73. The van der Waals surface area contributed by atoms with Crippen LogP contribution in [-0.2, 0) is 9.59 Å². The summed E-state index contributed by atoms with van der Waals surface area (Å²) in [5.74, 6) is 0.782. The van der Waals surface area contributed by atoms with Crippen LogP contribution >= 0.6 is 28.1 Å². The molecule has 0 aliphatic rings. The second-order valence-corrected chi connectivity index (χ2v) is 7.99. The van der Waals surface area contributed by atoms with E-state index < -0.39 is 11.8 Å². The highest BCUT2D eigenvalue weighted by Crippen LogP contribution is 2.28. The van der Waals surface area contributed by atoms with Gasteiger partial charge in [-0.05, 0) is 75.5 Å². The first-order chi connectivity index (χ1) is 14.8. The van der Waals surface area contributed by atoms with Gasteiger partial charge in [-0.2, -0.15) is 0 Å². The molecule has 2 amide bonds. The number of hydrogen-bond donors (Lipinski definition) is 3. The van der Waals surface area contributed by atoms with Crippen LogP contribution in [0.1, 0.15) is 30.9 Å². The van der Waals surface area contributed by atoms with Gasteiger partial charge in [-0.3, -0.25) is 25.8 Å². The van der Waals surface area contributed by atoms with Crippen LogP contribution < -0.4 is 25.6 Å². The Kier molecular flexibility index (Phi) is 9.48. The van der Waals surface area contributed by atoms with Gasteiger partial charge >= 0.3 is 0 Å². The number of thiocarbonyl (C=S) groups is 1. The van der Waals surface area contributed by atoms with E-state index in [0.717, 1.165) is 21.3 Å².